The molecule has 6 rings (SSSR count). The fourth-order valence-corrected chi connectivity index (χ4v) is 4.72. The van der Waals surface area contributed by atoms with Gasteiger partial charge in [0, 0.05) is 54.9 Å². The number of pyridine rings is 1. The molecule has 0 atom stereocenters. The van der Waals surface area contributed by atoms with E-state index in [1.807, 2.05) is 6.92 Å². The number of benzene rings is 2. The zero-order chi connectivity index (χ0) is 25.5. The van der Waals surface area contributed by atoms with Crippen LogP contribution in [0.15, 0.2) is 65.5 Å². The first kappa shape index (κ1) is 23.1. The lowest BCUT2D eigenvalue weighted by molar-refractivity contribution is 0.0951. The number of fused-ring (bicyclic) bond motifs is 1. The highest BCUT2D eigenvalue weighted by molar-refractivity contribution is 5.94. The van der Waals surface area contributed by atoms with Gasteiger partial charge in [0.15, 0.2) is 5.65 Å². The average molecular weight is 499 g/mol. The topological polar surface area (TPSA) is 83.4 Å². The number of nitrogens with one attached hydrogen (secondary N) is 1. The van der Waals surface area contributed by atoms with Crippen molar-refractivity contribution in [1.82, 2.24) is 19.9 Å². The first-order valence-corrected chi connectivity index (χ1v) is 12.5. The second kappa shape index (κ2) is 9.31. The van der Waals surface area contributed by atoms with Crippen molar-refractivity contribution in [2.45, 2.75) is 25.8 Å². The summed E-state index contributed by atoms with van der Waals surface area (Å²) in [7, 11) is 0. The van der Waals surface area contributed by atoms with E-state index in [4.69, 9.17) is 9.97 Å². The molecule has 0 spiro atoms. The molecule has 2 aromatic carbocycles. The summed E-state index contributed by atoms with van der Waals surface area (Å²) >= 11 is 0. The van der Waals surface area contributed by atoms with Crippen LogP contribution in [0.25, 0.3) is 16.7 Å². The molecule has 0 bridgehead atoms. The van der Waals surface area contributed by atoms with E-state index in [1.54, 1.807) is 47.0 Å². The number of nitrogens with zero attached hydrogens (tertiary/aromatic N) is 5. The van der Waals surface area contributed by atoms with Crippen LogP contribution >= 0.6 is 0 Å². The predicted molar refractivity (Wildman–Crippen MR) is 141 cm³/mol. The summed E-state index contributed by atoms with van der Waals surface area (Å²) in [6.45, 7) is 4.81. The highest BCUT2D eigenvalue weighted by Crippen LogP contribution is 2.24. The average Bonchev–Trinajstić information content (AvgIpc) is 3.73. The molecule has 0 unspecified atom stereocenters. The van der Waals surface area contributed by atoms with Crippen LogP contribution in [-0.4, -0.2) is 52.7 Å². The molecule has 2 aromatic heterocycles. The van der Waals surface area contributed by atoms with E-state index < -0.39 is 0 Å². The van der Waals surface area contributed by atoms with Crippen LogP contribution in [0.2, 0.25) is 0 Å². The second-order valence-electron chi connectivity index (χ2n) is 9.60. The van der Waals surface area contributed by atoms with Crippen molar-refractivity contribution in [2.24, 2.45) is 0 Å². The van der Waals surface area contributed by atoms with Gasteiger partial charge in [0.1, 0.15) is 5.82 Å². The van der Waals surface area contributed by atoms with Gasteiger partial charge in [-0.25, -0.2) is 9.37 Å². The molecule has 188 valence electrons. The number of carbonyl (C=O) groups is 1. The van der Waals surface area contributed by atoms with Crippen molar-refractivity contribution in [3.05, 3.63) is 88.1 Å². The van der Waals surface area contributed by atoms with Crippen LogP contribution in [0.4, 0.5) is 16.0 Å². The van der Waals surface area contributed by atoms with Gasteiger partial charge in [-0.1, -0.05) is 0 Å². The largest absolute Gasteiger partial charge is 0.368 e. The van der Waals surface area contributed by atoms with Gasteiger partial charge >= 0.3 is 0 Å². The van der Waals surface area contributed by atoms with Crippen LogP contribution in [0.3, 0.4) is 0 Å². The van der Waals surface area contributed by atoms with E-state index in [0.29, 0.717) is 35.9 Å². The Morgan fingerprint density at radius 3 is 2.19 bits per heavy atom. The molecule has 0 radical (unpaired) electrons. The van der Waals surface area contributed by atoms with Crippen LogP contribution in [0, 0.1) is 12.7 Å². The third-order valence-corrected chi connectivity index (χ3v) is 6.98. The van der Waals surface area contributed by atoms with E-state index in [2.05, 4.69) is 15.1 Å². The Labute approximate surface area is 213 Å². The third kappa shape index (κ3) is 4.64. The van der Waals surface area contributed by atoms with Crippen LogP contribution < -0.4 is 20.7 Å². The van der Waals surface area contributed by atoms with Crippen molar-refractivity contribution in [2.75, 3.05) is 36.0 Å². The van der Waals surface area contributed by atoms with E-state index in [0.717, 1.165) is 42.7 Å². The van der Waals surface area contributed by atoms with Gasteiger partial charge in [-0.15, -0.1) is 0 Å². The van der Waals surface area contributed by atoms with E-state index in [-0.39, 0.29) is 23.3 Å². The Morgan fingerprint density at radius 2 is 1.51 bits per heavy atom. The highest BCUT2D eigenvalue weighted by atomic mass is 19.1. The predicted octanol–water partition coefficient (Wildman–Crippen LogP) is 3.45. The Bertz CT molecular complexity index is 1520. The standard InChI is InChI=1S/C28H27FN6O2/c1-18-24-12-13-25(36)35(23-8-2-19(3-9-23)27(37)31-21-6-7-21)26(24)32-28(30-18)34-16-14-33(15-17-34)22-10-4-20(29)5-11-22/h2-5,8-13,21H,6-7,14-17H2,1H3,(H,31,37). The number of anilines is 2. The normalized spacial score (nSPS) is 15.7. The monoisotopic (exact) mass is 498 g/mol. The number of hydrogen-bond acceptors (Lipinski definition) is 6. The fraction of sp³-hybridized carbons (Fsp3) is 0.286. The van der Waals surface area contributed by atoms with Crippen LogP contribution in [0.1, 0.15) is 28.9 Å². The van der Waals surface area contributed by atoms with Crippen molar-refractivity contribution >= 4 is 28.6 Å². The minimum absolute atomic E-state index is 0.0976. The fourth-order valence-electron chi connectivity index (χ4n) is 4.72. The van der Waals surface area contributed by atoms with E-state index >= 15 is 0 Å². The van der Waals surface area contributed by atoms with Gasteiger partial charge in [0.2, 0.25) is 5.95 Å². The zero-order valence-corrected chi connectivity index (χ0v) is 20.5. The van der Waals surface area contributed by atoms with Gasteiger partial charge in [-0.2, -0.15) is 4.98 Å². The lowest BCUT2D eigenvalue weighted by Crippen LogP contribution is -2.47. The molecular weight excluding hydrogens is 471 g/mol. The molecule has 1 N–H and O–H groups in total. The van der Waals surface area contributed by atoms with Gasteiger partial charge in [0.25, 0.3) is 11.5 Å². The van der Waals surface area contributed by atoms with Gasteiger partial charge in [0.05, 0.1) is 11.4 Å². The van der Waals surface area contributed by atoms with Crippen molar-refractivity contribution in [3.8, 4) is 5.69 Å². The summed E-state index contributed by atoms with van der Waals surface area (Å²) in [6.07, 6.45) is 2.05. The molecule has 1 amide bonds. The summed E-state index contributed by atoms with van der Waals surface area (Å²) in [4.78, 5) is 39.3. The van der Waals surface area contributed by atoms with E-state index in [1.165, 1.54) is 18.2 Å². The van der Waals surface area contributed by atoms with Crippen molar-refractivity contribution < 1.29 is 9.18 Å². The molecule has 1 saturated heterocycles. The quantitative estimate of drug-likeness (QED) is 0.454. The van der Waals surface area contributed by atoms with Gasteiger partial charge < -0.3 is 15.1 Å². The van der Waals surface area contributed by atoms with Crippen LogP contribution in [-0.2, 0) is 0 Å². The Morgan fingerprint density at radius 1 is 0.865 bits per heavy atom. The molecular formula is C28H27FN6O2. The number of halogens is 1. The SMILES string of the molecule is Cc1nc(N2CCN(c3ccc(F)cc3)CC2)nc2c1ccc(=O)n2-c1ccc(C(=O)NC2CC2)cc1. The number of piperazine rings is 1. The van der Waals surface area contributed by atoms with Gasteiger partial charge in [-0.05, 0) is 74.4 Å². The number of aryl methyl sites for hydroxylation is 1. The number of amides is 1. The van der Waals surface area contributed by atoms with Crippen molar-refractivity contribution in [1.29, 1.82) is 0 Å². The maximum atomic E-state index is 13.3. The number of hydrogen-bond donors (Lipinski definition) is 1. The second-order valence-corrected chi connectivity index (χ2v) is 9.60. The zero-order valence-electron chi connectivity index (χ0n) is 20.5. The Balaban J connectivity index is 1.29. The maximum absolute atomic E-state index is 13.3. The Kier molecular flexibility index (Phi) is 5.82. The minimum atomic E-state index is -0.246. The maximum Gasteiger partial charge on any atom is 0.256 e. The molecule has 37 heavy (non-hydrogen) atoms. The molecule has 4 aromatic rings. The first-order valence-electron chi connectivity index (χ1n) is 12.5. The number of aromatic nitrogens is 3. The molecule has 9 heteroatoms. The lowest BCUT2D eigenvalue weighted by atomic mass is 10.1. The molecule has 3 heterocycles. The molecule has 1 aliphatic heterocycles. The number of carbonyl (C=O) groups excluding carboxylic acids is 1. The summed E-state index contributed by atoms with van der Waals surface area (Å²) in [6, 6.07) is 17.1. The molecule has 1 saturated carbocycles. The highest BCUT2D eigenvalue weighted by Gasteiger charge is 2.24. The van der Waals surface area contributed by atoms with E-state index in [9.17, 15) is 14.0 Å². The molecule has 2 fully saturated rings. The summed E-state index contributed by atoms with van der Waals surface area (Å²) < 4.78 is 14.9. The third-order valence-electron chi connectivity index (χ3n) is 6.98. The van der Waals surface area contributed by atoms with Gasteiger partial charge in [-0.3, -0.25) is 14.2 Å². The lowest BCUT2D eigenvalue weighted by Gasteiger charge is -2.36. The molecule has 8 nitrogen and oxygen atoms in total. The molecule has 2 aliphatic rings. The van der Waals surface area contributed by atoms with Crippen molar-refractivity contribution in [3.63, 3.8) is 0 Å². The summed E-state index contributed by atoms with van der Waals surface area (Å²) in [5, 5.41) is 3.78. The smallest absolute Gasteiger partial charge is 0.256 e. The van der Waals surface area contributed by atoms with Crippen LogP contribution in [0.5, 0.6) is 0 Å². The Hall–Kier alpha value is -4.27. The summed E-state index contributed by atoms with van der Waals surface area (Å²) in [5.74, 6) is 0.229. The molecule has 1 aliphatic carbocycles. The summed E-state index contributed by atoms with van der Waals surface area (Å²) in [5.41, 5.74) is 3.31. The first-order chi connectivity index (χ1) is 18.0. The number of rotatable bonds is 5. The minimum Gasteiger partial charge on any atom is -0.368 e.